The molecule has 0 atom stereocenters. The molecule has 1 aromatic carbocycles. The molecule has 2 nitrogen and oxygen atoms in total. The van der Waals surface area contributed by atoms with Gasteiger partial charge in [-0.25, -0.2) is 13.2 Å². The van der Waals surface area contributed by atoms with E-state index in [4.69, 9.17) is 0 Å². The molecule has 0 fully saturated rings. The number of hydrogen-bond acceptors (Lipinski definition) is 1. The Balaban J connectivity index is 2.55. The number of nitrogens with zero attached hydrogens (tertiary/aromatic N) is 2. The molecule has 17 heavy (non-hydrogen) atoms. The molecule has 90 valence electrons. The van der Waals surface area contributed by atoms with Crippen LogP contribution in [0.25, 0.3) is 11.3 Å². The van der Waals surface area contributed by atoms with E-state index in [1.165, 1.54) is 29.1 Å². The monoisotopic (exact) mass is 240 g/mol. The standard InChI is InChI=1S/C12H11F3N2/c1-7-5-8(3-4-10(7)13)11-9(12(14)15)6-17(2)16-11/h3-6,12H,1-2H3. The number of rotatable bonds is 2. The molecule has 0 saturated heterocycles. The van der Waals surface area contributed by atoms with Crippen molar-refractivity contribution in [1.29, 1.82) is 0 Å². The topological polar surface area (TPSA) is 17.8 Å². The smallest absolute Gasteiger partial charge is 0.267 e. The minimum absolute atomic E-state index is 0.140. The van der Waals surface area contributed by atoms with Crippen LogP contribution in [-0.4, -0.2) is 9.78 Å². The van der Waals surface area contributed by atoms with Gasteiger partial charge in [-0.3, -0.25) is 4.68 Å². The molecule has 0 N–H and O–H groups in total. The highest BCUT2D eigenvalue weighted by Gasteiger charge is 2.18. The summed E-state index contributed by atoms with van der Waals surface area (Å²) in [6, 6.07) is 4.23. The molecule has 0 aliphatic carbocycles. The largest absolute Gasteiger partial charge is 0.275 e. The predicted molar refractivity (Wildman–Crippen MR) is 58.3 cm³/mol. The molecule has 0 radical (unpaired) electrons. The highest BCUT2D eigenvalue weighted by atomic mass is 19.3. The predicted octanol–water partition coefficient (Wildman–Crippen LogP) is 3.47. The van der Waals surface area contributed by atoms with Crippen molar-refractivity contribution in [2.24, 2.45) is 7.05 Å². The summed E-state index contributed by atoms with van der Waals surface area (Å²) in [6.45, 7) is 1.59. The van der Waals surface area contributed by atoms with Gasteiger partial charge in [0.1, 0.15) is 11.5 Å². The Labute approximate surface area is 96.7 Å². The lowest BCUT2D eigenvalue weighted by Crippen LogP contribution is -1.90. The van der Waals surface area contributed by atoms with Crippen LogP contribution in [0.15, 0.2) is 24.4 Å². The first-order valence-electron chi connectivity index (χ1n) is 5.07. The van der Waals surface area contributed by atoms with E-state index in [9.17, 15) is 13.2 Å². The van der Waals surface area contributed by atoms with Crippen LogP contribution < -0.4 is 0 Å². The van der Waals surface area contributed by atoms with Gasteiger partial charge in [-0.1, -0.05) is 0 Å². The van der Waals surface area contributed by atoms with Crippen LogP contribution in [0.2, 0.25) is 0 Å². The molecule has 2 rings (SSSR count). The molecule has 1 aromatic heterocycles. The van der Waals surface area contributed by atoms with E-state index < -0.39 is 6.43 Å². The van der Waals surface area contributed by atoms with Crippen molar-refractivity contribution in [1.82, 2.24) is 9.78 Å². The molecule has 0 spiro atoms. The maximum atomic E-state index is 13.1. The van der Waals surface area contributed by atoms with E-state index in [1.807, 2.05) is 0 Å². The molecule has 0 saturated carbocycles. The zero-order chi connectivity index (χ0) is 12.6. The molecule has 0 amide bonds. The van der Waals surface area contributed by atoms with Gasteiger partial charge in [0, 0.05) is 18.8 Å². The summed E-state index contributed by atoms with van der Waals surface area (Å²) >= 11 is 0. The number of halogens is 3. The average Bonchev–Trinajstić information content (AvgIpc) is 2.64. The van der Waals surface area contributed by atoms with Crippen molar-refractivity contribution in [2.45, 2.75) is 13.3 Å². The van der Waals surface area contributed by atoms with Gasteiger partial charge in [0.05, 0.1) is 5.56 Å². The second-order valence-electron chi connectivity index (χ2n) is 3.87. The van der Waals surface area contributed by atoms with Crippen LogP contribution in [0.5, 0.6) is 0 Å². The Morgan fingerprint density at radius 1 is 1.29 bits per heavy atom. The SMILES string of the molecule is Cc1cc(-c2nn(C)cc2C(F)F)ccc1F. The maximum absolute atomic E-state index is 13.1. The Morgan fingerprint density at radius 3 is 2.59 bits per heavy atom. The van der Waals surface area contributed by atoms with Gasteiger partial charge in [0.2, 0.25) is 0 Å². The molecule has 0 aliphatic heterocycles. The van der Waals surface area contributed by atoms with E-state index >= 15 is 0 Å². The number of aryl methyl sites for hydroxylation is 2. The van der Waals surface area contributed by atoms with Crippen LogP contribution in [0.4, 0.5) is 13.2 Å². The van der Waals surface area contributed by atoms with Gasteiger partial charge in [-0.2, -0.15) is 5.10 Å². The zero-order valence-electron chi connectivity index (χ0n) is 9.42. The third-order valence-corrected chi connectivity index (χ3v) is 2.52. The Hall–Kier alpha value is -1.78. The van der Waals surface area contributed by atoms with E-state index in [0.29, 0.717) is 11.1 Å². The molecule has 5 heteroatoms. The second kappa shape index (κ2) is 4.24. The number of benzene rings is 1. The minimum atomic E-state index is -2.59. The first-order chi connectivity index (χ1) is 7.99. The lowest BCUT2D eigenvalue weighted by Gasteiger charge is -2.03. The molecule has 2 aromatic rings. The van der Waals surface area contributed by atoms with Gasteiger partial charge >= 0.3 is 0 Å². The first-order valence-corrected chi connectivity index (χ1v) is 5.07. The van der Waals surface area contributed by atoms with Gasteiger partial charge in [0.25, 0.3) is 6.43 Å². The van der Waals surface area contributed by atoms with E-state index in [1.54, 1.807) is 14.0 Å². The molecular formula is C12H11F3N2. The lowest BCUT2D eigenvalue weighted by molar-refractivity contribution is 0.152. The van der Waals surface area contributed by atoms with Crippen molar-refractivity contribution < 1.29 is 13.2 Å². The second-order valence-corrected chi connectivity index (χ2v) is 3.87. The normalized spacial score (nSPS) is 11.2. The fourth-order valence-electron chi connectivity index (χ4n) is 1.68. The molecule has 0 bridgehead atoms. The van der Waals surface area contributed by atoms with Crippen LogP contribution in [0.1, 0.15) is 17.6 Å². The lowest BCUT2D eigenvalue weighted by atomic mass is 10.1. The molecular weight excluding hydrogens is 229 g/mol. The molecule has 1 heterocycles. The summed E-state index contributed by atoms with van der Waals surface area (Å²) in [4.78, 5) is 0. The number of hydrogen-bond donors (Lipinski definition) is 0. The third kappa shape index (κ3) is 2.18. The fourth-order valence-corrected chi connectivity index (χ4v) is 1.68. The third-order valence-electron chi connectivity index (χ3n) is 2.52. The summed E-state index contributed by atoms with van der Waals surface area (Å²) < 4.78 is 40.0. The van der Waals surface area contributed by atoms with E-state index in [2.05, 4.69) is 5.10 Å². The highest BCUT2D eigenvalue weighted by Crippen LogP contribution is 2.30. The maximum Gasteiger partial charge on any atom is 0.267 e. The molecule has 0 unspecified atom stereocenters. The summed E-state index contributed by atoms with van der Waals surface area (Å²) in [6.07, 6.45) is -1.32. The van der Waals surface area contributed by atoms with E-state index in [0.717, 1.165) is 0 Å². The summed E-state index contributed by atoms with van der Waals surface area (Å²) in [5.74, 6) is -0.358. The Bertz CT molecular complexity index is 547. The first kappa shape index (κ1) is 11.7. The van der Waals surface area contributed by atoms with Crippen LogP contribution in [0.3, 0.4) is 0 Å². The van der Waals surface area contributed by atoms with Gasteiger partial charge in [-0.15, -0.1) is 0 Å². The van der Waals surface area contributed by atoms with Crippen molar-refractivity contribution in [2.75, 3.05) is 0 Å². The van der Waals surface area contributed by atoms with Gasteiger partial charge < -0.3 is 0 Å². The Morgan fingerprint density at radius 2 is 2.00 bits per heavy atom. The average molecular weight is 240 g/mol. The van der Waals surface area contributed by atoms with Gasteiger partial charge in [-0.05, 0) is 30.7 Å². The van der Waals surface area contributed by atoms with Crippen molar-refractivity contribution in [3.05, 3.63) is 41.3 Å². The summed E-state index contributed by atoms with van der Waals surface area (Å²) in [7, 11) is 1.58. The summed E-state index contributed by atoms with van der Waals surface area (Å²) in [5, 5.41) is 3.99. The van der Waals surface area contributed by atoms with Crippen LogP contribution in [0, 0.1) is 12.7 Å². The number of alkyl halides is 2. The van der Waals surface area contributed by atoms with Crippen LogP contribution in [-0.2, 0) is 7.05 Å². The van der Waals surface area contributed by atoms with Crippen LogP contribution >= 0.6 is 0 Å². The van der Waals surface area contributed by atoms with Crippen molar-refractivity contribution >= 4 is 0 Å². The number of aromatic nitrogens is 2. The quantitative estimate of drug-likeness (QED) is 0.785. The summed E-state index contributed by atoms with van der Waals surface area (Å²) in [5.41, 5.74) is 0.970. The van der Waals surface area contributed by atoms with Gasteiger partial charge in [0.15, 0.2) is 0 Å². The van der Waals surface area contributed by atoms with Crippen molar-refractivity contribution in [3.8, 4) is 11.3 Å². The molecule has 0 aliphatic rings. The highest BCUT2D eigenvalue weighted by molar-refractivity contribution is 5.63. The zero-order valence-corrected chi connectivity index (χ0v) is 9.42. The minimum Gasteiger partial charge on any atom is -0.275 e. The van der Waals surface area contributed by atoms with E-state index in [-0.39, 0.29) is 17.1 Å². The van der Waals surface area contributed by atoms with Crippen molar-refractivity contribution in [3.63, 3.8) is 0 Å². The fraction of sp³-hybridized carbons (Fsp3) is 0.250. The Kier molecular flexibility index (Phi) is 2.92.